The Bertz CT molecular complexity index is 735. The number of aliphatic hydroxyl groups excluding tert-OH is 1. The molecule has 2 heterocycles. The first-order valence-corrected chi connectivity index (χ1v) is 11.0. The fourth-order valence-corrected chi connectivity index (χ4v) is 5.18. The molecule has 0 radical (unpaired) electrons. The third kappa shape index (κ3) is 4.16. The third-order valence-electron chi connectivity index (χ3n) is 6.45. The molecule has 0 aromatic heterocycles. The van der Waals surface area contributed by atoms with Crippen LogP contribution >= 0.6 is 11.6 Å². The van der Waals surface area contributed by atoms with Gasteiger partial charge in [-0.15, -0.1) is 0 Å². The lowest BCUT2D eigenvalue weighted by molar-refractivity contribution is -0.105. The first-order chi connectivity index (χ1) is 13.7. The molecular formula is C23H31ClN2O2. The third-order valence-corrected chi connectivity index (χ3v) is 6.69. The van der Waals surface area contributed by atoms with Crippen molar-refractivity contribution in [1.82, 2.24) is 4.90 Å². The van der Waals surface area contributed by atoms with E-state index in [4.69, 9.17) is 16.3 Å². The van der Waals surface area contributed by atoms with E-state index in [0.29, 0.717) is 24.4 Å². The minimum atomic E-state index is 0.0749. The van der Waals surface area contributed by atoms with Crippen molar-refractivity contribution >= 4 is 17.3 Å². The summed E-state index contributed by atoms with van der Waals surface area (Å²) in [7, 11) is 0. The number of nitrogens with zero attached hydrogens (tertiary/aromatic N) is 1. The topological polar surface area (TPSA) is 44.7 Å². The number of fused-ring (bicyclic) bond motifs is 3. The standard InChI is InChI=1S/C23H31ClN2O2/c1-2-26(12-13-27)15-18-9-10-19-22(16-6-4-3-5-7-16)25-21-11-8-17(24)14-20(21)23(19)28-18/h3-6,8,11,14,16,18-19,22-23,25,27H,2,7,9-10,12-13,15H2,1H3/t16?,18-,19+,22+,23+/m1/s1. The van der Waals surface area contributed by atoms with Gasteiger partial charge in [-0.05, 0) is 44.0 Å². The molecule has 5 heteroatoms. The van der Waals surface area contributed by atoms with Crippen molar-refractivity contribution in [2.45, 2.75) is 44.4 Å². The summed E-state index contributed by atoms with van der Waals surface area (Å²) in [5.41, 5.74) is 2.35. The minimum absolute atomic E-state index is 0.0749. The molecule has 152 valence electrons. The summed E-state index contributed by atoms with van der Waals surface area (Å²) >= 11 is 6.34. The number of hydrogen-bond acceptors (Lipinski definition) is 4. The van der Waals surface area contributed by atoms with Gasteiger partial charge in [-0.25, -0.2) is 0 Å². The zero-order valence-corrected chi connectivity index (χ0v) is 17.3. The van der Waals surface area contributed by atoms with Crippen LogP contribution in [0.2, 0.25) is 5.02 Å². The van der Waals surface area contributed by atoms with E-state index in [0.717, 1.165) is 43.1 Å². The zero-order valence-electron chi connectivity index (χ0n) is 16.6. The van der Waals surface area contributed by atoms with E-state index in [9.17, 15) is 5.11 Å². The number of hydrogen-bond donors (Lipinski definition) is 2. The molecule has 1 fully saturated rings. The summed E-state index contributed by atoms with van der Waals surface area (Å²) in [6, 6.07) is 6.50. The Balaban J connectivity index is 1.58. The quantitative estimate of drug-likeness (QED) is 0.739. The second kappa shape index (κ2) is 9.00. The molecule has 0 saturated carbocycles. The zero-order chi connectivity index (χ0) is 19.5. The second-order valence-electron chi connectivity index (χ2n) is 8.15. The van der Waals surface area contributed by atoms with Crippen LogP contribution in [-0.4, -0.2) is 48.4 Å². The highest BCUT2D eigenvalue weighted by Crippen LogP contribution is 2.48. The molecule has 0 spiro atoms. The van der Waals surface area contributed by atoms with Crippen molar-refractivity contribution in [3.63, 3.8) is 0 Å². The van der Waals surface area contributed by atoms with Gasteiger partial charge in [-0.2, -0.15) is 0 Å². The molecule has 3 aliphatic rings. The highest BCUT2D eigenvalue weighted by molar-refractivity contribution is 6.30. The molecule has 28 heavy (non-hydrogen) atoms. The van der Waals surface area contributed by atoms with E-state index < -0.39 is 0 Å². The first-order valence-electron chi connectivity index (χ1n) is 10.6. The van der Waals surface area contributed by atoms with E-state index in [2.05, 4.69) is 53.6 Å². The summed E-state index contributed by atoms with van der Waals surface area (Å²) in [6.07, 6.45) is 12.4. The van der Waals surface area contributed by atoms with Crippen molar-refractivity contribution in [1.29, 1.82) is 0 Å². The van der Waals surface area contributed by atoms with Crippen LogP contribution in [-0.2, 0) is 4.74 Å². The molecule has 0 bridgehead atoms. The summed E-state index contributed by atoms with van der Waals surface area (Å²) in [5, 5.41) is 13.9. The number of ether oxygens (including phenoxy) is 1. The summed E-state index contributed by atoms with van der Waals surface area (Å²) in [5.74, 6) is 0.930. The number of allylic oxidation sites excluding steroid dienone is 3. The molecule has 1 aromatic rings. The van der Waals surface area contributed by atoms with Gasteiger partial charge in [0.25, 0.3) is 0 Å². The molecule has 1 aromatic carbocycles. The lowest BCUT2D eigenvalue weighted by Crippen LogP contribution is -2.48. The predicted molar refractivity (Wildman–Crippen MR) is 115 cm³/mol. The van der Waals surface area contributed by atoms with Crippen molar-refractivity contribution in [2.24, 2.45) is 11.8 Å². The van der Waals surface area contributed by atoms with Gasteiger partial charge in [-0.1, -0.05) is 42.8 Å². The van der Waals surface area contributed by atoms with Crippen molar-refractivity contribution in [3.8, 4) is 0 Å². The maximum absolute atomic E-state index is 9.31. The van der Waals surface area contributed by atoms with Crippen LogP contribution in [0.5, 0.6) is 0 Å². The monoisotopic (exact) mass is 402 g/mol. The fourth-order valence-electron chi connectivity index (χ4n) is 5.00. The van der Waals surface area contributed by atoms with Crippen LogP contribution in [0.25, 0.3) is 0 Å². The van der Waals surface area contributed by atoms with Gasteiger partial charge < -0.3 is 15.2 Å². The Morgan fingerprint density at radius 1 is 1.29 bits per heavy atom. The number of nitrogens with one attached hydrogen (secondary N) is 1. The predicted octanol–water partition coefficient (Wildman–Crippen LogP) is 4.42. The Morgan fingerprint density at radius 3 is 2.93 bits per heavy atom. The van der Waals surface area contributed by atoms with Crippen molar-refractivity contribution in [3.05, 3.63) is 53.1 Å². The average Bonchev–Trinajstić information content (AvgIpc) is 2.73. The van der Waals surface area contributed by atoms with Gasteiger partial charge in [0.05, 0.1) is 18.8 Å². The normalized spacial score (nSPS) is 31.4. The first kappa shape index (κ1) is 20.0. The molecule has 1 saturated heterocycles. The van der Waals surface area contributed by atoms with Crippen LogP contribution in [0.1, 0.15) is 37.9 Å². The Labute approximate surface area is 173 Å². The maximum atomic E-state index is 9.31. The van der Waals surface area contributed by atoms with Crippen LogP contribution in [0.4, 0.5) is 5.69 Å². The number of benzene rings is 1. The Kier molecular flexibility index (Phi) is 6.42. The van der Waals surface area contributed by atoms with Crippen LogP contribution in [0.15, 0.2) is 42.5 Å². The maximum Gasteiger partial charge on any atom is 0.0897 e. The van der Waals surface area contributed by atoms with E-state index >= 15 is 0 Å². The molecule has 4 rings (SSSR count). The summed E-state index contributed by atoms with van der Waals surface area (Å²) in [4.78, 5) is 2.27. The smallest absolute Gasteiger partial charge is 0.0897 e. The van der Waals surface area contributed by atoms with E-state index in [1.54, 1.807) is 0 Å². The highest BCUT2D eigenvalue weighted by Gasteiger charge is 2.44. The van der Waals surface area contributed by atoms with Crippen LogP contribution < -0.4 is 5.32 Å². The highest BCUT2D eigenvalue weighted by atomic mass is 35.5. The number of halogens is 1. The molecule has 1 unspecified atom stereocenters. The molecule has 1 aliphatic carbocycles. The molecule has 5 atom stereocenters. The van der Waals surface area contributed by atoms with E-state index in [-0.39, 0.29) is 18.8 Å². The second-order valence-corrected chi connectivity index (χ2v) is 8.59. The van der Waals surface area contributed by atoms with Gasteiger partial charge in [0.2, 0.25) is 0 Å². The van der Waals surface area contributed by atoms with Gasteiger partial charge in [0.15, 0.2) is 0 Å². The van der Waals surface area contributed by atoms with E-state index in [1.807, 2.05) is 6.07 Å². The fraction of sp³-hybridized carbons (Fsp3) is 0.565. The van der Waals surface area contributed by atoms with Crippen LogP contribution in [0, 0.1) is 11.8 Å². The average molecular weight is 403 g/mol. The lowest BCUT2D eigenvalue weighted by atomic mass is 9.73. The number of aliphatic hydroxyl groups is 1. The van der Waals surface area contributed by atoms with E-state index in [1.165, 1.54) is 5.56 Å². The molecule has 4 nitrogen and oxygen atoms in total. The molecule has 0 amide bonds. The Morgan fingerprint density at radius 2 is 2.18 bits per heavy atom. The lowest BCUT2D eigenvalue weighted by Gasteiger charge is -2.48. The SMILES string of the molecule is CCN(CCO)C[C@H]1CC[C@@H]2[C@H](O1)c1cc(Cl)ccc1N[C@H]2C1C=CC=CC1. The van der Waals surface area contributed by atoms with Crippen molar-refractivity contribution < 1.29 is 9.84 Å². The number of rotatable bonds is 6. The van der Waals surface area contributed by atoms with Crippen molar-refractivity contribution in [2.75, 3.05) is 31.6 Å². The minimum Gasteiger partial charge on any atom is -0.395 e. The van der Waals surface area contributed by atoms with Gasteiger partial charge >= 0.3 is 0 Å². The van der Waals surface area contributed by atoms with Gasteiger partial charge in [-0.3, -0.25) is 4.90 Å². The number of likely N-dealkylation sites (N-methyl/N-ethyl adjacent to an activating group) is 1. The molecule has 2 N–H and O–H groups in total. The van der Waals surface area contributed by atoms with Gasteiger partial charge in [0, 0.05) is 47.2 Å². The van der Waals surface area contributed by atoms with Crippen LogP contribution in [0.3, 0.4) is 0 Å². The Hall–Kier alpha value is -1.33. The summed E-state index contributed by atoms with van der Waals surface area (Å²) in [6.45, 7) is 4.84. The summed E-state index contributed by atoms with van der Waals surface area (Å²) < 4.78 is 6.71. The number of anilines is 1. The molecular weight excluding hydrogens is 372 g/mol. The van der Waals surface area contributed by atoms with Gasteiger partial charge in [0.1, 0.15) is 0 Å². The largest absolute Gasteiger partial charge is 0.395 e. The molecule has 2 aliphatic heterocycles.